The first kappa shape index (κ1) is 15.6. The Morgan fingerprint density at radius 1 is 1.17 bits per heavy atom. The normalized spacial score (nSPS) is 22.0. The zero-order valence-corrected chi connectivity index (χ0v) is 12.5. The van der Waals surface area contributed by atoms with Crippen molar-refractivity contribution >= 4 is 11.8 Å². The molecule has 1 aromatic rings. The average molecular weight is 322 g/mol. The van der Waals surface area contributed by atoms with Crippen molar-refractivity contribution in [3.05, 3.63) is 23.8 Å². The van der Waals surface area contributed by atoms with Gasteiger partial charge in [-0.1, -0.05) is 6.07 Å². The Kier molecular flexibility index (Phi) is 4.35. The van der Waals surface area contributed by atoms with E-state index in [4.69, 9.17) is 14.2 Å². The number of hydrogen-bond donors (Lipinski definition) is 3. The number of carbonyl (C=O) groups is 2. The molecule has 0 saturated carbocycles. The molecule has 2 aliphatic heterocycles. The maximum absolute atomic E-state index is 11.8. The van der Waals surface area contributed by atoms with Gasteiger partial charge in [-0.2, -0.15) is 0 Å². The van der Waals surface area contributed by atoms with E-state index in [9.17, 15) is 14.7 Å². The first-order valence-corrected chi connectivity index (χ1v) is 7.30. The van der Waals surface area contributed by atoms with Crippen LogP contribution in [0.15, 0.2) is 18.2 Å². The molecule has 23 heavy (non-hydrogen) atoms. The molecule has 1 aromatic carbocycles. The van der Waals surface area contributed by atoms with Gasteiger partial charge in [0.05, 0.1) is 6.61 Å². The van der Waals surface area contributed by atoms with Gasteiger partial charge in [0.1, 0.15) is 5.60 Å². The fourth-order valence-corrected chi connectivity index (χ4v) is 2.37. The van der Waals surface area contributed by atoms with Gasteiger partial charge < -0.3 is 30.0 Å². The van der Waals surface area contributed by atoms with Crippen molar-refractivity contribution in [1.29, 1.82) is 0 Å². The van der Waals surface area contributed by atoms with Crippen LogP contribution in [0.3, 0.4) is 0 Å². The summed E-state index contributed by atoms with van der Waals surface area (Å²) < 4.78 is 15.5. The molecule has 8 nitrogen and oxygen atoms in total. The third kappa shape index (κ3) is 3.72. The second kappa shape index (κ2) is 6.43. The zero-order valence-electron chi connectivity index (χ0n) is 12.5. The first-order chi connectivity index (χ1) is 11.1. The predicted octanol–water partition coefficient (Wildman–Crippen LogP) is -0.701. The maximum Gasteiger partial charge on any atom is 0.309 e. The smallest absolute Gasteiger partial charge is 0.309 e. The van der Waals surface area contributed by atoms with E-state index >= 15 is 0 Å². The SMILES string of the molecule is O=C(NCc1ccc2c(c1)OCO2)C(=O)NC[C@@]1(O)CCOC1. The fraction of sp³-hybridized carbons (Fsp3) is 0.467. The highest BCUT2D eigenvalue weighted by atomic mass is 16.7. The number of fused-ring (bicyclic) bond motifs is 1. The van der Waals surface area contributed by atoms with Gasteiger partial charge in [0.25, 0.3) is 0 Å². The van der Waals surface area contributed by atoms with E-state index in [1.165, 1.54) is 0 Å². The molecule has 0 unspecified atom stereocenters. The largest absolute Gasteiger partial charge is 0.454 e. The number of carbonyl (C=O) groups excluding carboxylic acids is 2. The standard InChI is InChI=1S/C15H18N2O6/c18-13(14(19)17-7-15(20)3-4-21-8-15)16-6-10-1-2-11-12(5-10)23-9-22-11/h1-2,5,20H,3-4,6-9H2,(H,16,18)(H,17,19)/t15-/m0/s1. The van der Waals surface area contributed by atoms with Crippen LogP contribution in [0, 0.1) is 0 Å². The minimum atomic E-state index is -1.09. The Bertz CT molecular complexity index is 612. The molecule has 2 heterocycles. The highest BCUT2D eigenvalue weighted by molar-refractivity contribution is 6.35. The molecule has 2 aliphatic rings. The lowest BCUT2D eigenvalue weighted by Gasteiger charge is -2.20. The summed E-state index contributed by atoms with van der Waals surface area (Å²) in [6.07, 6.45) is 0.437. The van der Waals surface area contributed by atoms with Crippen LogP contribution in [0.25, 0.3) is 0 Å². The van der Waals surface area contributed by atoms with Crippen molar-refractivity contribution in [3.8, 4) is 11.5 Å². The van der Waals surface area contributed by atoms with Gasteiger partial charge in [-0.15, -0.1) is 0 Å². The third-order valence-electron chi connectivity index (χ3n) is 3.76. The highest BCUT2D eigenvalue weighted by Crippen LogP contribution is 2.32. The maximum atomic E-state index is 11.8. The van der Waals surface area contributed by atoms with Crippen molar-refractivity contribution in [1.82, 2.24) is 10.6 Å². The van der Waals surface area contributed by atoms with Crippen molar-refractivity contribution in [2.45, 2.75) is 18.6 Å². The Hall–Kier alpha value is -2.32. The summed E-state index contributed by atoms with van der Waals surface area (Å²) in [5, 5.41) is 15.0. The van der Waals surface area contributed by atoms with E-state index in [0.29, 0.717) is 24.5 Å². The van der Waals surface area contributed by atoms with Gasteiger partial charge in [0.15, 0.2) is 11.5 Å². The van der Waals surface area contributed by atoms with Gasteiger partial charge >= 0.3 is 11.8 Å². The molecular weight excluding hydrogens is 304 g/mol. The summed E-state index contributed by atoms with van der Waals surface area (Å²) in [6.45, 7) is 0.967. The predicted molar refractivity (Wildman–Crippen MR) is 77.8 cm³/mol. The van der Waals surface area contributed by atoms with Crippen LogP contribution in [-0.2, 0) is 20.9 Å². The monoisotopic (exact) mass is 322 g/mol. The molecule has 2 amide bonds. The van der Waals surface area contributed by atoms with E-state index in [-0.39, 0.29) is 26.5 Å². The Labute approximate surface area is 132 Å². The molecule has 1 saturated heterocycles. The first-order valence-electron chi connectivity index (χ1n) is 7.30. The molecule has 0 bridgehead atoms. The Morgan fingerprint density at radius 3 is 2.74 bits per heavy atom. The van der Waals surface area contributed by atoms with Crippen LogP contribution in [0.4, 0.5) is 0 Å². The summed E-state index contributed by atoms with van der Waals surface area (Å²) in [5.41, 5.74) is -0.300. The number of amides is 2. The van der Waals surface area contributed by atoms with Crippen LogP contribution in [0.1, 0.15) is 12.0 Å². The summed E-state index contributed by atoms with van der Waals surface area (Å²) >= 11 is 0. The number of hydrogen-bond acceptors (Lipinski definition) is 6. The van der Waals surface area contributed by atoms with Crippen LogP contribution >= 0.6 is 0 Å². The molecule has 8 heteroatoms. The summed E-state index contributed by atoms with van der Waals surface area (Å²) in [7, 11) is 0. The number of ether oxygens (including phenoxy) is 3. The lowest BCUT2D eigenvalue weighted by molar-refractivity contribution is -0.139. The van der Waals surface area contributed by atoms with E-state index in [1.807, 2.05) is 0 Å². The second-order valence-electron chi connectivity index (χ2n) is 5.58. The fourth-order valence-electron chi connectivity index (χ4n) is 2.37. The minimum Gasteiger partial charge on any atom is -0.454 e. The molecule has 0 aromatic heterocycles. The van der Waals surface area contributed by atoms with Crippen molar-refractivity contribution in [2.24, 2.45) is 0 Å². The van der Waals surface area contributed by atoms with Crippen LogP contribution in [-0.4, -0.2) is 49.1 Å². The molecule has 0 aliphatic carbocycles. The van der Waals surface area contributed by atoms with E-state index < -0.39 is 17.4 Å². The molecule has 1 atom stereocenters. The van der Waals surface area contributed by atoms with Crippen LogP contribution in [0.5, 0.6) is 11.5 Å². The van der Waals surface area contributed by atoms with Crippen LogP contribution in [0.2, 0.25) is 0 Å². The average Bonchev–Trinajstić information content (AvgIpc) is 3.19. The molecule has 124 valence electrons. The topological polar surface area (TPSA) is 106 Å². The second-order valence-corrected chi connectivity index (χ2v) is 5.58. The molecule has 3 N–H and O–H groups in total. The lowest BCUT2D eigenvalue weighted by atomic mass is 10.0. The van der Waals surface area contributed by atoms with Gasteiger partial charge in [0, 0.05) is 26.1 Å². The van der Waals surface area contributed by atoms with Gasteiger partial charge in [-0.25, -0.2) is 0 Å². The highest BCUT2D eigenvalue weighted by Gasteiger charge is 2.33. The van der Waals surface area contributed by atoms with E-state index in [0.717, 1.165) is 5.56 Å². The molecule has 1 fully saturated rings. The molecule has 0 radical (unpaired) electrons. The van der Waals surface area contributed by atoms with Crippen LogP contribution < -0.4 is 20.1 Å². The lowest BCUT2D eigenvalue weighted by Crippen LogP contribution is -2.47. The number of nitrogens with one attached hydrogen (secondary N) is 2. The quantitative estimate of drug-likeness (QED) is 0.633. The van der Waals surface area contributed by atoms with Crippen molar-refractivity contribution < 1.29 is 28.9 Å². The number of rotatable bonds is 4. The molecular formula is C15H18N2O6. The zero-order chi connectivity index (χ0) is 16.3. The van der Waals surface area contributed by atoms with Gasteiger partial charge in [-0.3, -0.25) is 9.59 Å². The summed E-state index contributed by atoms with van der Waals surface area (Å²) in [6, 6.07) is 5.28. The van der Waals surface area contributed by atoms with E-state index in [1.54, 1.807) is 18.2 Å². The Morgan fingerprint density at radius 2 is 1.96 bits per heavy atom. The third-order valence-corrected chi connectivity index (χ3v) is 3.76. The number of benzene rings is 1. The summed E-state index contributed by atoms with van der Waals surface area (Å²) in [4.78, 5) is 23.5. The number of aliphatic hydroxyl groups is 1. The van der Waals surface area contributed by atoms with Gasteiger partial charge in [0.2, 0.25) is 6.79 Å². The van der Waals surface area contributed by atoms with Gasteiger partial charge in [-0.05, 0) is 17.7 Å². The Balaban J connectivity index is 1.46. The van der Waals surface area contributed by atoms with Crippen molar-refractivity contribution in [2.75, 3.05) is 26.6 Å². The minimum absolute atomic E-state index is 0.0106. The van der Waals surface area contributed by atoms with E-state index in [2.05, 4.69) is 10.6 Å². The molecule has 0 spiro atoms. The molecule has 3 rings (SSSR count). The summed E-state index contributed by atoms with van der Waals surface area (Å²) in [5.74, 6) is -0.272. The van der Waals surface area contributed by atoms with Crippen molar-refractivity contribution in [3.63, 3.8) is 0 Å².